The number of aromatic nitrogens is 1. The molecule has 1 atom stereocenters. The van der Waals surface area contributed by atoms with Gasteiger partial charge in [0, 0.05) is 45.2 Å². The highest BCUT2D eigenvalue weighted by atomic mass is 127. The van der Waals surface area contributed by atoms with Gasteiger partial charge in [-0.15, -0.1) is 24.0 Å². The molecule has 8 nitrogen and oxygen atoms in total. The largest absolute Gasteiger partial charge is 0.444 e. The molecule has 0 fully saturated rings. The van der Waals surface area contributed by atoms with Crippen LogP contribution in [0.1, 0.15) is 65.9 Å². The van der Waals surface area contributed by atoms with Crippen molar-refractivity contribution < 1.29 is 14.6 Å². The molecule has 190 valence electrons. The van der Waals surface area contributed by atoms with Gasteiger partial charge in [-0.3, -0.25) is 9.98 Å². The number of hydrogen-bond donors (Lipinski definition) is 3. The van der Waals surface area contributed by atoms with E-state index in [9.17, 15) is 9.90 Å². The predicted molar refractivity (Wildman–Crippen MR) is 145 cm³/mol. The molecule has 0 saturated heterocycles. The van der Waals surface area contributed by atoms with Gasteiger partial charge in [0.25, 0.3) is 0 Å². The Bertz CT molecular complexity index is 662. The summed E-state index contributed by atoms with van der Waals surface area (Å²) in [5.41, 5.74) is 0.420. The zero-order valence-electron chi connectivity index (χ0n) is 21.0. The first kappa shape index (κ1) is 31.4. The minimum Gasteiger partial charge on any atom is -0.444 e. The normalized spacial score (nSPS) is 12.5. The van der Waals surface area contributed by atoms with Gasteiger partial charge in [-0.2, -0.15) is 0 Å². The minimum absolute atomic E-state index is 0. The average molecular weight is 578 g/mol. The van der Waals surface area contributed by atoms with Crippen LogP contribution < -0.4 is 10.6 Å². The van der Waals surface area contributed by atoms with E-state index in [1.165, 1.54) is 0 Å². The third-order valence-corrected chi connectivity index (χ3v) is 4.73. The molecule has 1 aromatic heterocycles. The Balaban J connectivity index is 0.0000102. The number of carbonyl (C=O) groups excluding carboxylic acids is 1. The SMILES string of the molecule is CCCC(CCO)CN=C(NCC)NCCCN(Cc1cccnc1)C(=O)OC(C)(C)C.I. The highest BCUT2D eigenvalue weighted by molar-refractivity contribution is 14.0. The van der Waals surface area contributed by atoms with Crippen molar-refractivity contribution in [3.05, 3.63) is 30.1 Å². The molecule has 0 saturated carbocycles. The molecule has 0 aliphatic rings. The van der Waals surface area contributed by atoms with Crippen LogP contribution in [0.2, 0.25) is 0 Å². The first-order valence-electron chi connectivity index (χ1n) is 11.8. The summed E-state index contributed by atoms with van der Waals surface area (Å²) < 4.78 is 5.59. The predicted octanol–water partition coefficient (Wildman–Crippen LogP) is 4.18. The molecule has 0 aromatic carbocycles. The summed E-state index contributed by atoms with van der Waals surface area (Å²) in [4.78, 5) is 23.2. The van der Waals surface area contributed by atoms with Crippen molar-refractivity contribution in [1.82, 2.24) is 20.5 Å². The molecule has 33 heavy (non-hydrogen) atoms. The maximum Gasteiger partial charge on any atom is 0.410 e. The number of nitrogens with zero attached hydrogens (tertiary/aromatic N) is 3. The summed E-state index contributed by atoms with van der Waals surface area (Å²) >= 11 is 0. The number of aliphatic hydroxyl groups excluding tert-OH is 1. The summed E-state index contributed by atoms with van der Waals surface area (Å²) in [6.45, 7) is 13.1. The Kier molecular flexibility index (Phi) is 16.9. The lowest BCUT2D eigenvalue weighted by atomic mass is 10.0. The lowest BCUT2D eigenvalue weighted by Gasteiger charge is -2.27. The maximum atomic E-state index is 12.7. The number of hydrogen-bond acceptors (Lipinski definition) is 5. The van der Waals surface area contributed by atoms with E-state index in [0.717, 1.165) is 43.8 Å². The zero-order chi connectivity index (χ0) is 23.8. The van der Waals surface area contributed by atoms with Crippen LogP contribution in [0.5, 0.6) is 0 Å². The molecule has 3 N–H and O–H groups in total. The van der Waals surface area contributed by atoms with Crippen molar-refractivity contribution in [2.45, 2.75) is 72.4 Å². The van der Waals surface area contributed by atoms with E-state index in [2.05, 4.69) is 27.5 Å². The van der Waals surface area contributed by atoms with E-state index in [-0.39, 0.29) is 36.7 Å². The average Bonchev–Trinajstić information content (AvgIpc) is 2.73. The summed E-state index contributed by atoms with van der Waals surface area (Å²) in [6.07, 6.45) is 6.83. The number of guanidine groups is 1. The third kappa shape index (κ3) is 15.0. The molecule has 0 radical (unpaired) electrons. The van der Waals surface area contributed by atoms with Gasteiger partial charge in [-0.05, 0) is 64.5 Å². The van der Waals surface area contributed by atoms with E-state index in [4.69, 9.17) is 4.74 Å². The van der Waals surface area contributed by atoms with Crippen molar-refractivity contribution in [3.63, 3.8) is 0 Å². The molecule has 1 rings (SSSR count). The topological polar surface area (TPSA) is 99.1 Å². The van der Waals surface area contributed by atoms with E-state index in [0.29, 0.717) is 32.1 Å². The summed E-state index contributed by atoms with van der Waals surface area (Å²) in [6, 6.07) is 3.82. The number of amides is 1. The van der Waals surface area contributed by atoms with Crippen LogP contribution in [0.15, 0.2) is 29.5 Å². The quantitative estimate of drug-likeness (QED) is 0.141. The zero-order valence-corrected chi connectivity index (χ0v) is 23.3. The number of carbonyl (C=O) groups is 1. The van der Waals surface area contributed by atoms with Crippen LogP contribution in [0.25, 0.3) is 0 Å². The Morgan fingerprint density at radius 1 is 1.27 bits per heavy atom. The second-order valence-electron chi connectivity index (χ2n) is 8.93. The molecule has 0 aliphatic heterocycles. The van der Waals surface area contributed by atoms with Crippen molar-refractivity contribution in [2.24, 2.45) is 10.9 Å². The number of nitrogens with one attached hydrogen (secondary N) is 2. The van der Waals surface area contributed by atoms with Crippen molar-refractivity contribution in [2.75, 3.05) is 32.8 Å². The van der Waals surface area contributed by atoms with E-state index >= 15 is 0 Å². The fourth-order valence-corrected chi connectivity index (χ4v) is 3.23. The molecule has 1 amide bonds. The molecule has 0 spiro atoms. The highest BCUT2D eigenvalue weighted by Crippen LogP contribution is 2.13. The van der Waals surface area contributed by atoms with Gasteiger partial charge in [0.1, 0.15) is 5.60 Å². The highest BCUT2D eigenvalue weighted by Gasteiger charge is 2.22. The molecule has 1 unspecified atom stereocenters. The standard InChI is InChI=1S/C24H43N5O3.HI/c1-6-10-20(12-16-30)18-28-22(26-7-2)27-14-9-15-29(23(31)32-24(3,4)5)19-21-11-8-13-25-17-21;/h8,11,13,17,20,30H,6-7,9-10,12,14-16,18-19H2,1-5H3,(H2,26,27,28);1H. The van der Waals surface area contributed by atoms with Crippen molar-refractivity contribution in [3.8, 4) is 0 Å². The Morgan fingerprint density at radius 2 is 2.03 bits per heavy atom. The number of aliphatic hydroxyl groups is 1. The Labute approximate surface area is 217 Å². The van der Waals surface area contributed by atoms with Gasteiger partial charge in [0.2, 0.25) is 0 Å². The van der Waals surface area contributed by atoms with Crippen LogP contribution in [-0.2, 0) is 11.3 Å². The van der Waals surface area contributed by atoms with Crippen LogP contribution in [0.3, 0.4) is 0 Å². The molecule has 1 heterocycles. The van der Waals surface area contributed by atoms with Crippen LogP contribution >= 0.6 is 24.0 Å². The first-order valence-corrected chi connectivity index (χ1v) is 11.8. The fourth-order valence-electron chi connectivity index (χ4n) is 3.23. The maximum absolute atomic E-state index is 12.7. The molecular weight excluding hydrogens is 533 g/mol. The fraction of sp³-hybridized carbons (Fsp3) is 0.708. The number of pyridine rings is 1. The van der Waals surface area contributed by atoms with E-state index in [1.54, 1.807) is 17.3 Å². The molecule has 9 heteroatoms. The molecule has 0 bridgehead atoms. The lowest BCUT2D eigenvalue weighted by Crippen LogP contribution is -2.40. The number of ether oxygens (including phenoxy) is 1. The molecule has 1 aromatic rings. The van der Waals surface area contributed by atoms with Gasteiger partial charge in [-0.1, -0.05) is 19.4 Å². The van der Waals surface area contributed by atoms with Gasteiger partial charge in [0.15, 0.2) is 5.96 Å². The monoisotopic (exact) mass is 577 g/mol. The Hall–Kier alpha value is -1.62. The van der Waals surface area contributed by atoms with Crippen LogP contribution in [-0.4, -0.2) is 65.4 Å². The minimum atomic E-state index is -0.545. The number of aliphatic imine (C=N–C) groups is 1. The number of rotatable bonds is 13. The van der Waals surface area contributed by atoms with Gasteiger partial charge in [-0.25, -0.2) is 4.79 Å². The summed E-state index contributed by atoms with van der Waals surface area (Å²) in [5.74, 6) is 1.16. The lowest BCUT2D eigenvalue weighted by molar-refractivity contribution is 0.0232. The van der Waals surface area contributed by atoms with E-state index in [1.807, 2.05) is 39.8 Å². The Morgan fingerprint density at radius 3 is 2.61 bits per heavy atom. The third-order valence-electron chi connectivity index (χ3n) is 4.73. The summed E-state index contributed by atoms with van der Waals surface area (Å²) in [7, 11) is 0. The summed E-state index contributed by atoms with van der Waals surface area (Å²) in [5, 5.41) is 15.9. The second kappa shape index (κ2) is 17.8. The van der Waals surface area contributed by atoms with Gasteiger partial charge >= 0.3 is 6.09 Å². The second-order valence-corrected chi connectivity index (χ2v) is 8.93. The van der Waals surface area contributed by atoms with Crippen molar-refractivity contribution in [1.29, 1.82) is 0 Å². The first-order chi connectivity index (χ1) is 15.3. The van der Waals surface area contributed by atoms with Crippen molar-refractivity contribution >= 4 is 36.0 Å². The molecule has 0 aliphatic carbocycles. The van der Waals surface area contributed by atoms with Crippen LogP contribution in [0, 0.1) is 5.92 Å². The number of halogens is 1. The molecular formula is C24H44IN5O3. The van der Waals surface area contributed by atoms with Gasteiger partial charge < -0.3 is 25.4 Å². The van der Waals surface area contributed by atoms with Crippen LogP contribution in [0.4, 0.5) is 4.79 Å². The van der Waals surface area contributed by atoms with E-state index < -0.39 is 5.60 Å². The smallest absolute Gasteiger partial charge is 0.410 e. The van der Waals surface area contributed by atoms with Gasteiger partial charge in [0.05, 0.1) is 6.54 Å².